The van der Waals surface area contributed by atoms with Gasteiger partial charge >= 0.3 is 0 Å². The van der Waals surface area contributed by atoms with E-state index in [1.165, 1.54) is 33.7 Å². The first-order valence-corrected chi connectivity index (χ1v) is 16.1. The monoisotopic (exact) mass is 673 g/mol. The highest BCUT2D eigenvalue weighted by Crippen LogP contribution is 2.44. The summed E-state index contributed by atoms with van der Waals surface area (Å²) in [5.41, 5.74) is 1.82. The molecule has 1 fully saturated rings. The predicted molar refractivity (Wildman–Crippen MR) is 185 cm³/mol. The van der Waals surface area contributed by atoms with Crippen molar-refractivity contribution in [3.8, 4) is 22.7 Å². The van der Waals surface area contributed by atoms with E-state index in [9.17, 15) is 19.5 Å². The molecule has 2 aliphatic rings. The molecule has 4 aromatic rings. The van der Waals surface area contributed by atoms with Crippen molar-refractivity contribution in [3.05, 3.63) is 81.1 Å². The fourth-order valence-corrected chi connectivity index (χ4v) is 6.77. The number of carbonyl (C=O) groups excluding carboxylic acids is 2. The third-order valence-corrected chi connectivity index (χ3v) is 9.16. The van der Waals surface area contributed by atoms with Crippen molar-refractivity contribution in [1.82, 2.24) is 24.3 Å². The third kappa shape index (κ3) is 5.48. The molecule has 5 heterocycles. The molecule has 2 amide bonds. The second kappa shape index (κ2) is 12.7. The van der Waals surface area contributed by atoms with Crippen molar-refractivity contribution in [2.24, 2.45) is 0 Å². The number of benzene rings is 1. The fraction of sp³-hybridized carbons (Fsp3) is 0.343. The molecular formula is C35H37ClFN7O4. The van der Waals surface area contributed by atoms with Gasteiger partial charge in [-0.3, -0.25) is 23.9 Å². The van der Waals surface area contributed by atoms with Gasteiger partial charge in [-0.15, -0.1) is 0 Å². The molecule has 0 radical (unpaired) electrons. The topological polar surface area (TPSA) is 115 Å². The summed E-state index contributed by atoms with van der Waals surface area (Å²) in [5.74, 6) is -1.73. The molecule has 2 aliphatic heterocycles. The molecule has 0 bridgehead atoms. The Bertz CT molecular complexity index is 2040. The van der Waals surface area contributed by atoms with Gasteiger partial charge in [-0.2, -0.15) is 0 Å². The summed E-state index contributed by atoms with van der Waals surface area (Å²) in [4.78, 5) is 58.1. The van der Waals surface area contributed by atoms with Crippen LogP contribution in [0.4, 0.5) is 15.8 Å². The average Bonchev–Trinajstić information content (AvgIpc) is 3.03. The highest BCUT2D eigenvalue weighted by Gasteiger charge is 2.44. The van der Waals surface area contributed by atoms with Crippen molar-refractivity contribution in [2.75, 3.05) is 57.1 Å². The summed E-state index contributed by atoms with van der Waals surface area (Å²) in [6.45, 7) is 7.05. The number of aryl methyl sites for hydroxylation is 1. The maximum absolute atomic E-state index is 15.2. The number of piperazine rings is 1. The summed E-state index contributed by atoms with van der Waals surface area (Å²) in [5, 5.41) is 11.2. The SMILES string of the molecule is Cc1ccnc(C(C)C)c1-n1c(=O)c2c(c3cc(Cl)c(-c4c(O)cccc4F)nc31)N1CCN(C(=O)/C=C/CN(C)C)C[C@@H]1C(=O)N2C. The van der Waals surface area contributed by atoms with Crippen LogP contribution < -0.4 is 15.4 Å². The summed E-state index contributed by atoms with van der Waals surface area (Å²) < 4.78 is 16.7. The van der Waals surface area contributed by atoms with E-state index in [0.717, 1.165) is 5.56 Å². The van der Waals surface area contributed by atoms with E-state index in [1.807, 2.05) is 44.7 Å². The molecule has 0 aliphatic carbocycles. The van der Waals surface area contributed by atoms with E-state index in [1.54, 1.807) is 36.4 Å². The highest BCUT2D eigenvalue weighted by atomic mass is 35.5. The summed E-state index contributed by atoms with van der Waals surface area (Å²) in [7, 11) is 5.36. The van der Waals surface area contributed by atoms with Crippen LogP contribution in [0.2, 0.25) is 5.02 Å². The number of hydrogen-bond acceptors (Lipinski definition) is 8. The zero-order chi connectivity index (χ0) is 34.6. The number of amides is 2. The van der Waals surface area contributed by atoms with Gasteiger partial charge < -0.3 is 24.7 Å². The van der Waals surface area contributed by atoms with Gasteiger partial charge in [-0.05, 0) is 56.8 Å². The van der Waals surface area contributed by atoms with E-state index < -0.39 is 17.4 Å². The number of phenols is 1. The van der Waals surface area contributed by atoms with Crippen molar-refractivity contribution < 1.29 is 19.1 Å². The Morgan fingerprint density at radius 1 is 1.17 bits per heavy atom. The van der Waals surface area contributed by atoms with Gasteiger partial charge in [0.15, 0.2) is 5.65 Å². The zero-order valence-corrected chi connectivity index (χ0v) is 28.4. The Balaban J connectivity index is 1.63. The van der Waals surface area contributed by atoms with Crippen LogP contribution in [0.3, 0.4) is 0 Å². The summed E-state index contributed by atoms with van der Waals surface area (Å²) >= 11 is 6.85. The lowest BCUT2D eigenvalue weighted by atomic mass is 9.99. The van der Waals surface area contributed by atoms with Crippen LogP contribution in [0.15, 0.2) is 53.5 Å². The molecule has 0 spiro atoms. The van der Waals surface area contributed by atoms with Crippen molar-refractivity contribution in [2.45, 2.75) is 32.7 Å². The largest absolute Gasteiger partial charge is 0.507 e. The van der Waals surface area contributed by atoms with E-state index in [4.69, 9.17) is 16.6 Å². The molecule has 3 aromatic heterocycles. The Hall–Kier alpha value is -4.81. The molecule has 11 nitrogen and oxygen atoms in total. The van der Waals surface area contributed by atoms with Crippen LogP contribution in [-0.2, 0) is 9.59 Å². The number of pyridine rings is 3. The average molecular weight is 674 g/mol. The molecule has 1 aromatic carbocycles. The minimum Gasteiger partial charge on any atom is -0.507 e. The Kier molecular flexibility index (Phi) is 8.73. The van der Waals surface area contributed by atoms with Crippen LogP contribution in [0.25, 0.3) is 28.0 Å². The first-order valence-electron chi connectivity index (χ1n) is 15.7. The summed E-state index contributed by atoms with van der Waals surface area (Å²) in [6.07, 6.45) is 4.96. The van der Waals surface area contributed by atoms with E-state index >= 15 is 4.39 Å². The molecular weight excluding hydrogens is 637 g/mol. The molecule has 0 unspecified atom stereocenters. The van der Waals surface area contributed by atoms with Crippen LogP contribution >= 0.6 is 11.6 Å². The minimum absolute atomic E-state index is 0.0400. The highest BCUT2D eigenvalue weighted by molar-refractivity contribution is 6.34. The number of anilines is 2. The lowest BCUT2D eigenvalue weighted by Gasteiger charge is -2.47. The molecule has 1 N–H and O–H groups in total. The van der Waals surface area contributed by atoms with Crippen LogP contribution in [0.1, 0.15) is 31.0 Å². The molecule has 48 heavy (non-hydrogen) atoms. The predicted octanol–water partition coefficient (Wildman–Crippen LogP) is 4.49. The zero-order valence-electron chi connectivity index (χ0n) is 27.7. The van der Waals surface area contributed by atoms with Crippen molar-refractivity contribution in [1.29, 1.82) is 0 Å². The van der Waals surface area contributed by atoms with E-state index in [-0.39, 0.29) is 64.2 Å². The van der Waals surface area contributed by atoms with Gasteiger partial charge in [0.2, 0.25) is 5.91 Å². The molecule has 250 valence electrons. The maximum Gasteiger partial charge on any atom is 0.283 e. The second-order valence-electron chi connectivity index (χ2n) is 12.7. The number of phenolic OH excluding ortho intramolecular Hbond substituents is 1. The number of aromatic nitrogens is 3. The minimum atomic E-state index is -0.777. The Morgan fingerprint density at radius 2 is 1.92 bits per heavy atom. The molecule has 6 rings (SSSR count). The molecule has 13 heteroatoms. The number of rotatable bonds is 6. The van der Waals surface area contributed by atoms with Gasteiger partial charge in [-0.1, -0.05) is 37.6 Å². The number of halogens is 2. The second-order valence-corrected chi connectivity index (χ2v) is 13.1. The van der Waals surface area contributed by atoms with Crippen LogP contribution in [0.5, 0.6) is 5.75 Å². The molecule has 0 saturated carbocycles. The van der Waals surface area contributed by atoms with Gasteiger partial charge in [0.05, 0.1) is 39.9 Å². The molecule has 1 saturated heterocycles. The first kappa shape index (κ1) is 33.1. The smallest absolute Gasteiger partial charge is 0.283 e. The van der Waals surface area contributed by atoms with E-state index in [0.29, 0.717) is 35.5 Å². The maximum atomic E-state index is 15.2. The number of fused-ring (bicyclic) bond motifs is 5. The van der Waals surface area contributed by atoms with E-state index in [2.05, 4.69) is 4.98 Å². The van der Waals surface area contributed by atoms with Gasteiger partial charge in [0, 0.05) is 44.3 Å². The normalized spacial score (nSPS) is 16.4. The number of hydrogen-bond donors (Lipinski definition) is 1. The van der Waals surface area contributed by atoms with Gasteiger partial charge in [0.1, 0.15) is 23.3 Å². The van der Waals surface area contributed by atoms with Crippen LogP contribution in [0, 0.1) is 12.7 Å². The quantitative estimate of drug-likeness (QED) is 0.298. The van der Waals surface area contributed by atoms with Crippen molar-refractivity contribution >= 4 is 45.8 Å². The molecule has 1 atom stereocenters. The lowest BCUT2D eigenvalue weighted by Crippen LogP contribution is -2.63. The van der Waals surface area contributed by atoms with Crippen LogP contribution in [-0.4, -0.2) is 94.6 Å². The number of aromatic hydroxyl groups is 1. The van der Waals surface area contributed by atoms with Gasteiger partial charge in [-0.25, -0.2) is 9.37 Å². The Morgan fingerprint density at radius 3 is 2.60 bits per heavy atom. The van der Waals surface area contributed by atoms with Crippen molar-refractivity contribution in [3.63, 3.8) is 0 Å². The van der Waals surface area contributed by atoms with Gasteiger partial charge in [0.25, 0.3) is 11.5 Å². The summed E-state index contributed by atoms with van der Waals surface area (Å²) in [6, 6.07) is 6.51. The number of likely N-dealkylation sites (N-methyl/N-ethyl adjacent to an activating group) is 2. The standard InChI is InChI=1S/C35H37ClFN7O4/c1-19(2)28-30(20(3)12-13-38-28)44-33-21(17-22(36)29(39-33)27-23(37)9-7-10-25(27)45)31-32(35(44)48)41(6)34(47)24-18-42(15-16-43(24)31)26(46)11-8-14-40(4)5/h7-13,17,19,24,45H,14-16,18H2,1-6H3/b11-8+/t24-/m1/s1. The Labute approximate surface area is 282 Å². The number of carbonyl (C=O) groups is 2. The first-order chi connectivity index (χ1) is 22.8. The lowest BCUT2D eigenvalue weighted by molar-refractivity contribution is -0.128. The third-order valence-electron chi connectivity index (χ3n) is 8.87. The number of nitrogens with zero attached hydrogens (tertiary/aromatic N) is 7. The fourth-order valence-electron chi connectivity index (χ4n) is 6.53.